The minimum absolute atomic E-state index is 0.0771. The first-order valence-electron chi connectivity index (χ1n) is 5.50. The highest BCUT2D eigenvalue weighted by Crippen LogP contribution is 2.24. The molecule has 1 heterocycles. The Balaban J connectivity index is 2.21. The molecule has 0 radical (unpaired) electrons. The Labute approximate surface area is 109 Å². The lowest BCUT2D eigenvalue weighted by Gasteiger charge is -2.34. The zero-order chi connectivity index (χ0) is 12.3. The maximum Gasteiger partial charge on any atom is 0.0992 e. The molecule has 0 bridgehead atoms. The SMILES string of the molecule is N#Cc1cc(Br)cc(N2CCOC(CN)C2)c1. The monoisotopic (exact) mass is 295 g/mol. The highest BCUT2D eigenvalue weighted by molar-refractivity contribution is 9.10. The summed E-state index contributed by atoms with van der Waals surface area (Å²) >= 11 is 3.42. The Hall–Kier alpha value is -1.09. The predicted octanol–water partition coefficient (Wildman–Crippen LogP) is 1.48. The summed E-state index contributed by atoms with van der Waals surface area (Å²) in [6.45, 7) is 2.81. The second kappa shape index (κ2) is 5.50. The molecule has 1 fully saturated rings. The molecule has 2 rings (SSSR count). The molecule has 1 aliphatic rings. The van der Waals surface area contributed by atoms with Crippen LogP contribution in [0.1, 0.15) is 5.56 Å². The fraction of sp³-hybridized carbons (Fsp3) is 0.417. The molecule has 1 saturated heterocycles. The van der Waals surface area contributed by atoms with Crippen molar-refractivity contribution in [1.82, 2.24) is 0 Å². The number of nitrogens with two attached hydrogens (primary N) is 1. The number of nitrogens with zero attached hydrogens (tertiary/aromatic N) is 2. The van der Waals surface area contributed by atoms with Gasteiger partial charge in [0.2, 0.25) is 0 Å². The molecular weight excluding hydrogens is 282 g/mol. The van der Waals surface area contributed by atoms with Gasteiger partial charge < -0.3 is 15.4 Å². The van der Waals surface area contributed by atoms with Crippen LogP contribution in [0, 0.1) is 11.3 Å². The Kier molecular flexibility index (Phi) is 4.00. The maximum atomic E-state index is 8.95. The van der Waals surface area contributed by atoms with E-state index in [-0.39, 0.29) is 6.10 Å². The molecule has 1 aromatic carbocycles. The minimum Gasteiger partial charge on any atom is -0.373 e. The van der Waals surface area contributed by atoms with E-state index in [0.29, 0.717) is 18.7 Å². The van der Waals surface area contributed by atoms with Gasteiger partial charge in [-0.05, 0) is 18.2 Å². The fourth-order valence-corrected chi connectivity index (χ4v) is 2.40. The van der Waals surface area contributed by atoms with Crippen LogP contribution >= 0.6 is 15.9 Å². The van der Waals surface area contributed by atoms with Gasteiger partial charge in [0.1, 0.15) is 0 Å². The van der Waals surface area contributed by atoms with Crippen molar-refractivity contribution in [3.63, 3.8) is 0 Å². The summed E-state index contributed by atoms with van der Waals surface area (Å²) in [5.41, 5.74) is 7.31. The topological polar surface area (TPSA) is 62.3 Å². The summed E-state index contributed by atoms with van der Waals surface area (Å²) < 4.78 is 6.44. The van der Waals surface area contributed by atoms with Crippen molar-refractivity contribution >= 4 is 21.6 Å². The van der Waals surface area contributed by atoms with Crippen LogP contribution in [0.15, 0.2) is 22.7 Å². The minimum atomic E-state index is 0.0771. The highest BCUT2D eigenvalue weighted by Gasteiger charge is 2.19. The molecule has 0 aromatic heterocycles. The first-order valence-corrected chi connectivity index (χ1v) is 6.29. The number of benzene rings is 1. The van der Waals surface area contributed by atoms with Gasteiger partial charge in [0.25, 0.3) is 0 Å². The van der Waals surface area contributed by atoms with Gasteiger partial charge in [0.05, 0.1) is 24.3 Å². The van der Waals surface area contributed by atoms with Crippen LogP contribution in [0.4, 0.5) is 5.69 Å². The van der Waals surface area contributed by atoms with E-state index in [9.17, 15) is 0 Å². The molecule has 0 spiro atoms. The first kappa shape index (κ1) is 12.4. The molecule has 1 aromatic rings. The molecule has 4 nitrogen and oxygen atoms in total. The van der Waals surface area contributed by atoms with E-state index < -0.39 is 0 Å². The summed E-state index contributed by atoms with van der Waals surface area (Å²) in [7, 11) is 0. The molecule has 5 heteroatoms. The average Bonchev–Trinajstić information content (AvgIpc) is 2.38. The molecule has 17 heavy (non-hydrogen) atoms. The van der Waals surface area contributed by atoms with Gasteiger partial charge in [-0.1, -0.05) is 15.9 Å². The zero-order valence-corrected chi connectivity index (χ0v) is 11.0. The van der Waals surface area contributed by atoms with Crippen LogP contribution in [0.2, 0.25) is 0 Å². The van der Waals surface area contributed by atoms with Crippen molar-refractivity contribution < 1.29 is 4.74 Å². The molecule has 2 N–H and O–H groups in total. The summed E-state index contributed by atoms with van der Waals surface area (Å²) in [5, 5.41) is 8.95. The number of hydrogen-bond acceptors (Lipinski definition) is 4. The Morgan fingerprint density at radius 2 is 2.35 bits per heavy atom. The third-order valence-electron chi connectivity index (χ3n) is 2.78. The van der Waals surface area contributed by atoms with Gasteiger partial charge >= 0.3 is 0 Å². The van der Waals surface area contributed by atoms with Crippen molar-refractivity contribution in [2.24, 2.45) is 5.73 Å². The Morgan fingerprint density at radius 1 is 1.53 bits per heavy atom. The Bertz CT molecular complexity index is 444. The molecule has 0 aliphatic carbocycles. The zero-order valence-electron chi connectivity index (χ0n) is 9.40. The average molecular weight is 296 g/mol. The molecule has 0 amide bonds. The van der Waals surface area contributed by atoms with Gasteiger partial charge in [-0.2, -0.15) is 5.26 Å². The van der Waals surface area contributed by atoms with Gasteiger partial charge in [0, 0.05) is 29.8 Å². The second-order valence-electron chi connectivity index (χ2n) is 3.98. The number of nitriles is 1. The van der Waals surface area contributed by atoms with Crippen molar-refractivity contribution in [3.8, 4) is 6.07 Å². The van der Waals surface area contributed by atoms with Gasteiger partial charge in [-0.3, -0.25) is 0 Å². The van der Waals surface area contributed by atoms with E-state index in [1.807, 2.05) is 18.2 Å². The lowest BCUT2D eigenvalue weighted by molar-refractivity contribution is 0.0466. The molecular formula is C12H14BrN3O. The summed E-state index contributed by atoms with van der Waals surface area (Å²) in [6.07, 6.45) is 0.0771. The van der Waals surface area contributed by atoms with Crippen LogP contribution in [-0.4, -0.2) is 32.3 Å². The number of anilines is 1. The third kappa shape index (κ3) is 2.97. The van der Waals surface area contributed by atoms with E-state index >= 15 is 0 Å². The van der Waals surface area contributed by atoms with Crippen LogP contribution in [0.5, 0.6) is 0 Å². The van der Waals surface area contributed by atoms with E-state index in [1.165, 1.54) is 0 Å². The summed E-state index contributed by atoms with van der Waals surface area (Å²) in [4.78, 5) is 2.20. The standard InChI is InChI=1S/C12H14BrN3O/c13-10-3-9(6-14)4-11(5-10)16-1-2-17-12(7-15)8-16/h3-5,12H,1-2,7-8,15H2. The van der Waals surface area contributed by atoms with Crippen molar-refractivity contribution in [2.45, 2.75) is 6.10 Å². The number of rotatable bonds is 2. The van der Waals surface area contributed by atoms with E-state index in [0.717, 1.165) is 23.2 Å². The van der Waals surface area contributed by atoms with Crippen LogP contribution in [-0.2, 0) is 4.74 Å². The smallest absolute Gasteiger partial charge is 0.0992 e. The first-order chi connectivity index (χ1) is 8.22. The van der Waals surface area contributed by atoms with E-state index in [4.69, 9.17) is 15.7 Å². The van der Waals surface area contributed by atoms with Gasteiger partial charge in [-0.15, -0.1) is 0 Å². The maximum absolute atomic E-state index is 8.95. The quantitative estimate of drug-likeness (QED) is 0.898. The second-order valence-corrected chi connectivity index (χ2v) is 4.90. The predicted molar refractivity (Wildman–Crippen MR) is 69.9 cm³/mol. The van der Waals surface area contributed by atoms with E-state index in [2.05, 4.69) is 26.9 Å². The van der Waals surface area contributed by atoms with Crippen LogP contribution < -0.4 is 10.6 Å². The van der Waals surface area contributed by atoms with Crippen molar-refractivity contribution in [1.29, 1.82) is 5.26 Å². The van der Waals surface area contributed by atoms with Gasteiger partial charge in [-0.25, -0.2) is 0 Å². The number of hydrogen-bond donors (Lipinski definition) is 1. The number of halogens is 1. The lowest BCUT2D eigenvalue weighted by Crippen LogP contribution is -2.45. The summed E-state index contributed by atoms with van der Waals surface area (Å²) in [5.74, 6) is 0. The number of morpholine rings is 1. The molecule has 0 saturated carbocycles. The van der Waals surface area contributed by atoms with Crippen molar-refractivity contribution in [2.75, 3.05) is 31.1 Å². The normalized spacial score (nSPS) is 20.1. The molecule has 1 atom stereocenters. The third-order valence-corrected chi connectivity index (χ3v) is 3.24. The van der Waals surface area contributed by atoms with E-state index in [1.54, 1.807) is 0 Å². The van der Waals surface area contributed by atoms with Crippen LogP contribution in [0.3, 0.4) is 0 Å². The largest absolute Gasteiger partial charge is 0.373 e. The molecule has 90 valence electrons. The highest BCUT2D eigenvalue weighted by atomic mass is 79.9. The summed E-state index contributed by atoms with van der Waals surface area (Å²) in [6, 6.07) is 7.88. The fourth-order valence-electron chi connectivity index (χ4n) is 1.92. The number of ether oxygens (including phenoxy) is 1. The Morgan fingerprint density at radius 3 is 3.06 bits per heavy atom. The van der Waals surface area contributed by atoms with Gasteiger partial charge in [0.15, 0.2) is 0 Å². The van der Waals surface area contributed by atoms with Crippen LogP contribution in [0.25, 0.3) is 0 Å². The molecule has 1 unspecified atom stereocenters. The lowest BCUT2D eigenvalue weighted by atomic mass is 10.1. The van der Waals surface area contributed by atoms with Crippen molar-refractivity contribution in [3.05, 3.63) is 28.2 Å². The molecule has 1 aliphatic heterocycles.